The maximum Gasteiger partial charge on any atom is 0.296 e. The smallest absolute Gasteiger partial charge is 0.296 e. The first-order chi connectivity index (χ1) is 11.8. The molecule has 0 spiro atoms. The standard InChI is InChI=1S/C16H15N3O4S/c1-21-7-8-22-12-4-2-3-11(9-12)13-10-24-16(18-13)19-15(20)14-5-6-17-23-14/h2-6,9-10H,7-8H2,1H3,(H,18,19,20). The highest BCUT2D eigenvalue weighted by molar-refractivity contribution is 7.14. The van der Waals surface area contributed by atoms with E-state index in [9.17, 15) is 4.79 Å². The fourth-order valence-electron chi connectivity index (χ4n) is 1.94. The number of hydrogen-bond acceptors (Lipinski definition) is 7. The Bertz CT molecular complexity index is 801. The molecule has 1 aromatic carbocycles. The van der Waals surface area contributed by atoms with Gasteiger partial charge in [-0.2, -0.15) is 0 Å². The maximum absolute atomic E-state index is 11.9. The molecule has 0 unspecified atom stereocenters. The van der Waals surface area contributed by atoms with Crippen molar-refractivity contribution in [2.24, 2.45) is 0 Å². The third-order valence-electron chi connectivity index (χ3n) is 3.07. The summed E-state index contributed by atoms with van der Waals surface area (Å²) in [6, 6.07) is 9.08. The monoisotopic (exact) mass is 345 g/mol. The summed E-state index contributed by atoms with van der Waals surface area (Å²) in [4.78, 5) is 16.3. The number of nitrogens with one attached hydrogen (secondary N) is 1. The van der Waals surface area contributed by atoms with E-state index in [-0.39, 0.29) is 11.7 Å². The summed E-state index contributed by atoms with van der Waals surface area (Å²) in [7, 11) is 1.63. The van der Waals surface area contributed by atoms with E-state index in [2.05, 4.69) is 15.5 Å². The molecule has 1 amide bonds. The molecule has 0 saturated carbocycles. The van der Waals surface area contributed by atoms with Gasteiger partial charge in [0.2, 0.25) is 5.76 Å². The van der Waals surface area contributed by atoms with Gasteiger partial charge >= 0.3 is 0 Å². The highest BCUT2D eigenvalue weighted by Gasteiger charge is 2.13. The topological polar surface area (TPSA) is 86.5 Å². The van der Waals surface area contributed by atoms with Crippen molar-refractivity contribution in [1.82, 2.24) is 10.1 Å². The van der Waals surface area contributed by atoms with Gasteiger partial charge in [0.25, 0.3) is 5.91 Å². The second kappa shape index (κ2) is 7.71. The predicted molar refractivity (Wildman–Crippen MR) is 89.4 cm³/mol. The summed E-state index contributed by atoms with van der Waals surface area (Å²) in [5.41, 5.74) is 1.66. The van der Waals surface area contributed by atoms with Crippen LogP contribution in [0.25, 0.3) is 11.3 Å². The summed E-state index contributed by atoms with van der Waals surface area (Å²) in [6.45, 7) is 1.01. The summed E-state index contributed by atoms with van der Waals surface area (Å²) >= 11 is 1.33. The van der Waals surface area contributed by atoms with E-state index in [1.54, 1.807) is 7.11 Å². The molecule has 0 aliphatic carbocycles. The normalized spacial score (nSPS) is 10.5. The van der Waals surface area contributed by atoms with E-state index in [1.165, 1.54) is 23.6 Å². The Balaban J connectivity index is 1.69. The first-order valence-electron chi connectivity index (χ1n) is 7.16. The molecular formula is C16H15N3O4S. The average molecular weight is 345 g/mol. The van der Waals surface area contributed by atoms with Crippen molar-refractivity contribution in [1.29, 1.82) is 0 Å². The second-order valence-corrected chi connectivity index (χ2v) is 5.60. The molecule has 2 heterocycles. The van der Waals surface area contributed by atoms with Crippen molar-refractivity contribution in [3.63, 3.8) is 0 Å². The summed E-state index contributed by atoms with van der Waals surface area (Å²) in [6.07, 6.45) is 1.41. The van der Waals surface area contributed by atoms with E-state index in [4.69, 9.17) is 14.0 Å². The Hall–Kier alpha value is -2.71. The molecule has 24 heavy (non-hydrogen) atoms. The largest absolute Gasteiger partial charge is 0.491 e. The van der Waals surface area contributed by atoms with Crippen molar-refractivity contribution in [2.75, 3.05) is 25.6 Å². The predicted octanol–water partition coefficient (Wildman–Crippen LogP) is 3.08. The molecule has 0 fully saturated rings. The van der Waals surface area contributed by atoms with Crippen LogP contribution in [0.1, 0.15) is 10.6 Å². The molecule has 0 saturated heterocycles. The molecule has 3 rings (SSSR count). The SMILES string of the molecule is COCCOc1cccc(-c2csc(NC(=O)c3ccno3)n2)c1. The molecule has 8 heteroatoms. The molecule has 0 aliphatic rings. The van der Waals surface area contributed by atoms with Gasteiger partial charge in [-0.05, 0) is 12.1 Å². The third kappa shape index (κ3) is 3.98. The van der Waals surface area contributed by atoms with Crippen LogP contribution in [0.4, 0.5) is 5.13 Å². The number of carbonyl (C=O) groups is 1. The number of aromatic nitrogens is 2. The van der Waals surface area contributed by atoms with Crippen LogP contribution in [0.5, 0.6) is 5.75 Å². The lowest BCUT2D eigenvalue weighted by Gasteiger charge is -2.06. The van der Waals surface area contributed by atoms with E-state index in [0.29, 0.717) is 18.3 Å². The number of hydrogen-bond donors (Lipinski definition) is 1. The van der Waals surface area contributed by atoms with Gasteiger partial charge in [0.05, 0.1) is 18.5 Å². The Labute approximate surface area is 142 Å². The molecular weight excluding hydrogens is 330 g/mol. The zero-order valence-corrected chi connectivity index (χ0v) is 13.7. The van der Waals surface area contributed by atoms with Gasteiger partial charge < -0.3 is 14.0 Å². The third-order valence-corrected chi connectivity index (χ3v) is 3.83. The number of thiazole rings is 1. The van der Waals surface area contributed by atoms with Crippen LogP contribution >= 0.6 is 11.3 Å². The van der Waals surface area contributed by atoms with Gasteiger partial charge in [-0.15, -0.1) is 11.3 Å². The average Bonchev–Trinajstić information content (AvgIpc) is 3.27. The lowest BCUT2D eigenvalue weighted by atomic mass is 10.2. The Morgan fingerprint density at radius 1 is 1.33 bits per heavy atom. The molecule has 7 nitrogen and oxygen atoms in total. The fraction of sp³-hybridized carbons (Fsp3) is 0.188. The number of nitrogens with zero attached hydrogens (tertiary/aromatic N) is 2. The number of benzene rings is 1. The Morgan fingerprint density at radius 2 is 2.25 bits per heavy atom. The molecule has 0 radical (unpaired) electrons. The van der Waals surface area contributed by atoms with Crippen molar-refractivity contribution < 1.29 is 18.8 Å². The summed E-state index contributed by atoms with van der Waals surface area (Å²) in [5, 5.41) is 8.53. The van der Waals surface area contributed by atoms with Crippen LogP contribution in [-0.4, -0.2) is 36.4 Å². The molecule has 1 N–H and O–H groups in total. The lowest BCUT2D eigenvalue weighted by Crippen LogP contribution is -2.10. The highest BCUT2D eigenvalue weighted by atomic mass is 32.1. The van der Waals surface area contributed by atoms with Crippen molar-refractivity contribution >= 4 is 22.4 Å². The van der Waals surface area contributed by atoms with Crippen LogP contribution in [-0.2, 0) is 4.74 Å². The first-order valence-corrected chi connectivity index (χ1v) is 8.04. The summed E-state index contributed by atoms with van der Waals surface area (Å²) < 4.78 is 15.4. The number of carbonyl (C=O) groups excluding carboxylic acids is 1. The number of amides is 1. The van der Waals surface area contributed by atoms with Crippen LogP contribution in [0, 0.1) is 0 Å². The Kier molecular flexibility index (Phi) is 5.19. The van der Waals surface area contributed by atoms with E-state index >= 15 is 0 Å². The van der Waals surface area contributed by atoms with Gasteiger partial charge in [-0.25, -0.2) is 4.98 Å². The van der Waals surface area contributed by atoms with E-state index in [0.717, 1.165) is 17.0 Å². The first kappa shape index (κ1) is 16.2. The van der Waals surface area contributed by atoms with Crippen LogP contribution in [0.3, 0.4) is 0 Å². The van der Waals surface area contributed by atoms with Gasteiger partial charge in [-0.3, -0.25) is 10.1 Å². The van der Waals surface area contributed by atoms with Crippen LogP contribution in [0.2, 0.25) is 0 Å². The van der Waals surface area contributed by atoms with Crippen molar-refractivity contribution in [3.05, 3.63) is 47.7 Å². The summed E-state index contributed by atoms with van der Waals surface area (Å²) in [5.74, 6) is 0.495. The molecule has 3 aromatic rings. The molecule has 0 bridgehead atoms. The molecule has 124 valence electrons. The Morgan fingerprint density at radius 3 is 3.04 bits per heavy atom. The molecule has 2 aromatic heterocycles. The minimum atomic E-state index is -0.384. The highest BCUT2D eigenvalue weighted by Crippen LogP contribution is 2.27. The fourth-order valence-corrected chi connectivity index (χ4v) is 2.66. The van der Waals surface area contributed by atoms with Crippen LogP contribution in [0.15, 0.2) is 46.4 Å². The van der Waals surface area contributed by atoms with E-state index < -0.39 is 0 Å². The van der Waals surface area contributed by atoms with Gasteiger partial charge in [0, 0.05) is 24.1 Å². The number of ether oxygens (including phenoxy) is 2. The van der Waals surface area contributed by atoms with Gasteiger partial charge in [-0.1, -0.05) is 17.3 Å². The molecule has 0 aliphatic heterocycles. The lowest BCUT2D eigenvalue weighted by molar-refractivity contribution is 0.0988. The number of anilines is 1. The molecule has 0 atom stereocenters. The van der Waals surface area contributed by atoms with Crippen molar-refractivity contribution in [3.8, 4) is 17.0 Å². The van der Waals surface area contributed by atoms with Crippen molar-refractivity contribution in [2.45, 2.75) is 0 Å². The maximum atomic E-state index is 11.9. The number of methoxy groups -OCH3 is 1. The van der Waals surface area contributed by atoms with E-state index in [1.807, 2.05) is 29.6 Å². The zero-order valence-electron chi connectivity index (χ0n) is 12.9. The van der Waals surface area contributed by atoms with Crippen LogP contribution < -0.4 is 10.1 Å². The number of rotatable bonds is 7. The zero-order chi connectivity index (χ0) is 16.8. The minimum absolute atomic E-state index is 0.139. The minimum Gasteiger partial charge on any atom is -0.491 e. The second-order valence-electron chi connectivity index (χ2n) is 4.74. The van der Waals surface area contributed by atoms with Gasteiger partial charge in [0.15, 0.2) is 5.13 Å². The van der Waals surface area contributed by atoms with Gasteiger partial charge in [0.1, 0.15) is 12.4 Å². The quantitative estimate of drug-likeness (QED) is 0.662.